The number of nitrogens with zero attached hydrogens (tertiary/aromatic N) is 2. The van der Waals surface area contributed by atoms with Crippen molar-refractivity contribution in [3.8, 4) is 11.4 Å². The third kappa shape index (κ3) is 2.39. The Balaban J connectivity index is 1.67. The largest absolute Gasteiger partial charge is 0.479 e. The Labute approximate surface area is 140 Å². The molecule has 2 aliphatic rings. The minimum absolute atomic E-state index is 0.0752. The van der Waals surface area contributed by atoms with Gasteiger partial charge in [-0.1, -0.05) is 6.07 Å². The van der Waals surface area contributed by atoms with Crippen LogP contribution in [0.4, 0.5) is 17.6 Å². The number of amides is 1. The van der Waals surface area contributed by atoms with Crippen LogP contribution in [0.25, 0.3) is 5.69 Å². The van der Waals surface area contributed by atoms with Gasteiger partial charge in [-0.15, -0.1) is 0 Å². The van der Waals surface area contributed by atoms with E-state index in [-0.39, 0.29) is 25.9 Å². The number of carbonyl (C=O) groups is 1. The number of alkyl halides is 3. The summed E-state index contributed by atoms with van der Waals surface area (Å²) in [6.07, 6.45) is -2.77. The van der Waals surface area contributed by atoms with E-state index in [1.807, 2.05) is 0 Å². The molecule has 0 radical (unpaired) electrons. The Morgan fingerprint density at radius 3 is 2.52 bits per heavy atom. The molecule has 25 heavy (non-hydrogen) atoms. The number of rotatable bonds is 0. The van der Waals surface area contributed by atoms with Crippen molar-refractivity contribution in [1.82, 2.24) is 9.47 Å². The zero-order valence-electron chi connectivity index (χ0n) is 13.0. The van der Waals surface area contributed by atoms with Gasteiger partial charge in [0.15, 0.2) is 11.4 Å². The topological polar surface area (TPSA) is 34.5 Å². The number of halogens is 4. The molecule has 1 aromatic carbocycles. The summed E-state index contributed by atoms with van der Waals surface area (Å²) >= 11 is 0. The zero-order chi connectivity index (χ0) is 17.8. The molecule has 4 nitrogen and oxygen atoms in total. The van der Waals surface area contributed by atoms with Gasteiger partial charge < -0.3 is 14.2 Å². The maximum atomic E-state index is 14.2. The van der Waals surface area contributed by atoms with Gasteiger partial charge >= 0.3 is 12.1 Å². The minimum atomic E-state index is -4.88. The highest BCUT2D eigenvalue weighted by Crippen LogP contribution is 2.45. The number of fused-ring (bicyclic) bond motifs is 4. The van der Waals surface area contributed by atoms with Crippen LogP contribution >= 0.6 is 0 Å². The fraction of sp³-hybridized carbons (Fsp3) is 0.353. The number of piperidine rings is 1. The summed E-state index contributed by atoms with van der Waals surface area (Å²) in [6.45, 7) is -0.150. The highest BCUT2D eigenvalue weighted by molar-refractivity contribution is 5.82. The number of ether oxygens (including phenoxy) is 1. The number of para-hydroxylation sites is 1. The molecule has 4 rings (SSSR count). The van der Waals surface area contributed by atoms with Gasteiger partial charge in [-0.25, -0.2) is 4.39 Å². The van der Waals surface area contributed by atoms with Crippen LogP contribution in [0, 0.1) is 5.82 Å². The lowest BCUT2D eigenvalue weighted by Crippen LogP contribution is -2.52. The van der Waals surface area contributed by atoms with Gasteiger partial charge in [0.05, 0.1) is 5.69 Å². The molecule has 1 aromatic heterocycles. The highest BCUT2D eigenvalue weighted by atomic mass is 19.4. The molecule has 8 heteroatoms. The molecule has 2 aromatic rings. The smallest absolute Gasteiger partial charge is 0.471 e. The average molecular weight is 354 g/mol. The fourth-order valence-electron chi connectivity index (χ4n) is 3.63. The van der Waals surface area contributed by atoms with Gasteiger partial charge in [0.1, 0.15) is 11.4 Å². The van der Waals surface area contributed by atoms with Crippen LogP contribution in [0.3, 0.4) is 0 Å². The summed E-state index contributed by atoms with van der Waals surface area (Å²) in [7, 11) is 0. The zero-order valence-corrected chi connectivity index (χ0v) is 13.0. The lowest BCUT2D eigenvalue weighted by atomic mass is 9.86. The molecule has 132 valence electrons. The molecule has 1 saturated heterocycles. The van der Waals surface area contributed by atoms with Crippen molar-refractivity contribution >= 4 is 5.91 Å². The van der Waals surface area contributed by atoms with Crippen molar-refractivity contribution in [2.24, 2.45) is 0 Å². The van der Waals surface area contributed by atoms with E-state index < -0.39 is 23.5 Å². The number of aromatic nitrogens is 1. The van der Waals surface area contributed by atoms with E-state index in [1.165, 1.54) is 12.1 Å². The molecule has 0 N–H and O–H groups in total. The van der Waals surface area contributed by atoms with Crippen LogP contribution in [0.5, 0.6) is 5.75 Å². The molecular weight excluding hydrogens is 340 g/mol. The second-order valence-corrected chi connectivity index (χ2v) is 6.24. The quantitative estimate of drug-likeness (QED) is 0.680. The van der Waals surface area contributed by atoms with Gasteiger partial charge in [-0.3, -0.25) is 4.79 Å². The number of likely N-dealkylation sites (tertiary alicyclic amines) is 1. The van der Waals surface area contributed by atoms with Gasteiger partial charge in [0, 0.05) is 32.1 Å². The first-order valence-corrected chi connectivity index (χ1v) is 7.84. The van der Waals surface area contributed by atoms with Crippen molar-refractivity contribution in [2.45, 2.75) is 24.6 Å². The lowest BCUT2D eigenvalue weighted by molar-refractivity contribution is -0.188. The van der Waals surface area contributed by atoms with E-state index in [0.29, 0.717) is 17.1 Å². The maximum absolute atomic E-state index is 14.2. The Hall–Kier alpha value is -2.51. The van der Waals surface area contributed by atoms with Gasteiger partial charge in [0.25, 0.3) is 0 Å². The second-order valence-electron chi connectivity index (χ2n) is 6.24. The normalized spacial score (nSPS) is 18.5. The number of carbonyl (C=O) groups excluding carboxylic acids is 1. The summed E-state index contributed by atoms with van der Waals surface area (Å²) in [5, 5.41) is 0. The molecule has 0 unspecified atom stereocenters. The third-order valence-electron chi connectivity index (χ3n) is 4.81. The second kappa shape index (κ2) is 5.24. The monoisotopic (exact) mass is 354 g/mol. The SMILES string of the molecule is O=C(N1CCC2(CC1)Oc1cccc(F)c1-n1cccc12)C(F)(F)F. The number of benzene rings is 1. The number of hydrogen-bond donors (Lipinski definition) is 0. The van der Waals surface area contributed by atoms with E-state index in [1.54, 1.807) is 29.0 Å². The first-order valence-electron chi connectivity index (χ1n) is 7.84. The van der Waals surface area contributed by atoms with Gasteiger partial charge in [-0.2, -0.15) is 13.2 Å². The van der Waals surface area contributed by atoms with Crippen LogP contribution in [-0.2, 0) is 10.4 Å². The minimum Gasteiger partial charge on any atom is -0.479 e. The van der Waals surface area contributed by atoms with E-state index in [2.05, 4.69) is 0 Å². The van der Waals surface area contributed by atoms with Crippen LogP contribution in [0.1, 0.15) is 18.5 Å². The summed E-state index contributed by atoms with van der Waals surface area (Å²) in [5.74, 6) is -1.92. The maximum Gasteiger partial charge on any atom is 0.471 e. The molecule has 0 aliphatic carbocycles. The summed E-state index contributed by atoms with van der Waals surface area (Å²) in [6, 6.07) is 8.01. The van der Waals surface area contributed by atoms with Crippen LogP contribution < -0.4 is 4.74 Å². The Kier molecular flexibility index (Phi) is 3.35. The summed E-state index contributed by atoms with van der Waals surface area (Å²) in [4.78, 5) is 12.2. The highest BCUT2D eigenvalue weighted by Gasteiger charge is 2.49. The molecule has 1 spiro atoms. The van der Waals surface area contributed by atoms with Crippen molar-refractivity contribution in [2.75, 3.05) is 13.1 Å². The van der Waals surface area contributed by atoms with E-state index in [0.717, 1.165) is 4.90 Å². The predicted molar refractivity (Wildman–Crippen MR) is 79.9 cm³/mol. The average Bonchev–Trinajstić information content (AvgIpc) is 3.05. The van der Waals surface area contributed by atoms with Crippen LogP contribution in [0.2, 0.25) is 0 Å². The number of hydrogen-bond acceptors (Lipinski definition) is 2. The third-order valence-corrected chi connectivity index (χ3v) is 4.81. The summed E-state index contributed by atoms with van der Waals surface area (Å²) < 4.78 is 59.8. The van der Waals surface area contributed by atoms with Gasteiger partial charge in [-0.05, 0) is 24.3 Å². The molecule has 0 bridgehead atoms. The van der Waals surface area contributed by atoms with Crippen molar-refractivity contribution in [3.63, 3.8) is 0 Å². The van der Waals surface area contributed by atoms with Crippen molar-refractivity contribution < 1.29 is 27.1 Å². The first-order chi connectivity index (χ1) is 11.8. The first kappa shape index (κ1) is 16.0. The Morgan fingerprint density at radius 1 is 1.12 bits per heavy atom. The standard InChI is InChI=1S/C17H14F4N2O2/c18-11-3-1-4-12-14(11)23-8-2-5-13(23)16(25-12)6-9-22(10-7-16)15(24)17(19,20)21/h1-5,8H,6-7,9-10H2. The molecule has 2 aliphatic heterocycles. The predicted octanol–water partition coefficient (Wildman–Crippen LogP) is 3.39. The molecule has 3 heterocycles. The van der Waals surface area contributed by atoms with E-state index in [4.69, 9.17) is 4.74 Å². The molecule has 0 atom stereocenters. The van der Waals surface area contributed by atoms with E-state index in [9.17, 15) is 22.4 Å². The van der Waals surface area contributed by atoms with Crippen LogP contribution in [-0.4, -0.2) is 34.6 Å². The Morgan fingerprint density at radius 2 is 1.84 bits per heavy atom. The molecule has 1 fully saturated rings. The molecule has 1 amide bonds. The molecule has 0 saturated carbocycles. The van der Waals surface area contributed by atoms with E-state index >= 15 is 0 Å². The van der Waals surface area contributed by atoms with Gasteiger partial charge in [0.2, 0.25) is 0 Å². The van der Waals surface area contributed by atoms with Crippen molar-refractivity contribution in [1.29, 1.82) is 0 Å². The fourth-order valence-corrected chi connectivity index (χ4v) is 3.63. The van der Waals surface area contributed by atoms with Crippen LogP contribution in [0.15, 0.2) is 36.5 Å². The summed E-state index contributed by atoms with van der Waals surface area (Å²) in [5.41, 5.74) is 0.110. The Bertz CT molecular complexity index is 835. The van der Waals surface area contributed by atoms with Crippen molar-refractivity contribution in [3.05, 3.63) is 48.0 Å². The molecular formula is C17H14F4N2O2. The lowest BCUT2D eigenvalue weighted by Gasteiger charge is -2.45.